The number of rotatable bonds is 4. The van der Waals surface area contributed by atoms with Crippen LogP contribution in [0.25, 0.3) is 0 Å². The maximum absolute atomic E-state index is 12.9. The molecule has 0 amide bonds. The number of piperidine rings is 1. The summed E-state index contributed by atoms with van der Waals surface area (Å²) in [7, 11) is 5.01. The van der Waals surface area contributed by atoms with Crippen molar-refractivity contribution in [3.63, 3.8) is 0 Å². The Hall–Kier alpha value is -0.320. The fourth-order valence-corrected chi connectivity index (χ4v) is 10.7. The molecular formula is C23H35NO7. The summed E-state index contributed by atoms with van der Waals surface area (Å²) < 4.78 is 24.8. The number of fused-ring (bicyclic) bond motifs is 2. The minimum Gasteiger partial charge on any atom is -0.392 e. The number of likely N-dealkylation sites (tertiary alicyclic amines) is 1. The molecule has 8 heteroatoms. The van der Waals surface area contributed by atoms with E-state index in [1.807, 2.05) is 0 Å². The lowest BCUT2D eigenvalue weighted by molar-refractivity contribution is -0.318. The molecule has 2 spiro atoms. The highest BCUT2D eigenvalue weighted by Crippen LogP contribution is 2.81. The van der Waals surface area contributed by atoms with Gasteiger partial charge in [0.25, 0.3) is 0 Å². The van der Waals surface area contributed by atoms with Crippen molar-refractivity contribution in [1.82, 2.24) is 4.90 Å². The van der Waals surface area contributed by atoms with E-state index in [1.54, 1.807) is 21.3 Å². The molecule has 0 aromatic heterocycles. The van der Waals surface area contributed by atoms with Gasteiger partial charge in [-0.25, -0.2) is 0 Å². The topological polar surface area (TPSA) is 104 Å². The van der Waals surface area contributed by atoms with Crippen LogP contribution in [0.1, 0.15) is 26.2 Å². The zero-order valence-corrected chi connectivity index (χ0v) is 18.7. The Morgan fingerprint density at radius 1 is 1.13 bits per heavy atom. The van der Waals surface area contributed by atoms with Crippen LogP contribution in [0.4, 0.5) is 0 Å². The molecule has 14 atom stereocenters. The molecule has 7 rings (SSSR count). The van der Waals surface area contributed by atoms with Gasteiger partial charge in [-0.15, -0.1) is 0 Å². The largest absolute Gasteiger partial charge is 0.392 e. The Labute approximate surface area is 182 Å². The van der Waals surface area contributed by atoms with E-state index >= 15 is 0 Å². The Bertz CT molecular complexity index is 828. The molecule has 7 bridgehead atoms. The molecule has 31 heavy (non-hydrogen) atoms. The van der Waals surface area contributed by atoms with Crippen molar-refractivity contribution < 1.29 is 34.3 Å². The van der Waals surface area contributed by atoms with Crippen molar-refractivity contribution in [2.24, 2.45) is 29.1 Å². The van der Waals surface area contributed by atoms with Gasteiger partial charge >= 0.3 is 0 Å². The van der Waals surface area contributed by atoms with Gasteiger partial charge in [0.05, 0.1) is 36.6 Å². The lowest BCUT2D eigenvalue weighted by Crippen LogP contribution is -2.82. The van der Waals surface area contributed by atoms with Gasteiger partial charge in [0, 0.05) is 63.9 Å². The highest BCUT2D eigenvalue weighted by Gasteiger charge is 2.95. The molecule has 8 nitrogen and oxygen atoms in total. The number of nitrogens with zero attached hydrogens (tertiary/aromatic N) is 1. The summed E-state index contributed by atoms with van der Waals surface area (Å²) in [5.74, 6) is -0.393. The molecule has 0 radical (unpaired) electrons. The van der Waals surface area contributed by atoms with E-state index in [0.717, 1.165) is 19.5 Å². The minimum atomic E-state index is -1.39. The van der Waals surface area contributed by atoms with Gasteiger partial charge < -0.3 is 34.3 Å². The molecule has 2 heterocycles. The predicted molar refractivity (Wildman–Crippen MR) is 107 cm³/mol. The number of epoxide rings is 1. The van der Waals surface area contributed by atoms with E-state index in [0.29, 0.717) is 12.8 Å². The standard InChI is InChI=1S/C23H35NO7/c1-5-24-9-20-14(31-20)7-13(25)22-11-6-10-12(28-2)8-21(30-4,15(11)16(10)26)23(27,19(22)24)18(29-3)17(20)22/h10-19,25-27H,5-9H2,1-4H3/t10-,11+,12-,13-,14-,15+,16-,17+,18-,19+,20-,21+,22-,23-/m0/s1. The molecule has 0 aromatic rings. The van der Waals surface area contributed by atoms with Crippen LogP contribution in [0.5, 0.6) is 0 Å². The van der Waals surface area contributed by atoms with Crippen molar-refractivity contribution in [3.05, 3.63) is 0 Å². The van der Waals surface area contributed by atoms with Crippen LogP contribution in [0, 0.1) is 29.1 Å². The second-order valence-corrected chi connectivity index (χ2v) is 11.3. The Morgan fingerprint density at radius 3 is 2.55 bits per heavy atom. The summed E-state index contributed by atoms with van der Waals surface area (Å²) in [6.07, 6.45) is -0.121. The molecule has 2 aliphatic heterocycles. The highest BCUT2D eigenvalue weighted by molar-refractivity contribution is 5.44. The highest BCUT2D eigenvalue weighted by atomic mass is 16.6. The molecule has 7 fully saturated rings. The van der Waals surface area contributed by atoms with Crippen LogP contribution in [-0.2, 0) is 18.9 Å². The maximum atomic E-state index is 12.9. The second kappa shape index (κ2) is 5.66. The zero-order chi connectivity index (χ0) is 21.7. The number of ether oxygens (including phenoxy) is 4. The third kappa shape index (κ3) is 1.67. The van der Waals surface area contributed by atoms with E-state index in [-0.39, 0.29) is 41.9 Å². The summed E-state index contributed by atoms with van der Waals surface area (Å²) in [4.78, 5) is 2.33. The van der Waals surface area contributed by atoms with Gasteiger partial charge in [0.2, 0.25) is 0 Å². The normalized spacial score (nSPS) is 67.5. The van der Waals surface area contributed by atoms with Crippen molar-refractivity contribution in [2.45, 2.75) is 79.6 Å². The second-order valence-electron chi connectivity index (χ2n) is 11.3. The maximum Gasteiger partial charge on any atom is 0.136 e. The summed E-state index contributed by atoms with van der Waals surface area (Å²) in [6, 6.07) is -0.312. The van der Waals surface area contributed by atoms with Crippen LogP contribution < -0.4 is 0 Å². The number of hydrogen-bond donors (Lipinski definition) is 3. The zero-order valence-electron chi connectivity index (χ0n) is 18.7. The van der Waals surface area contributed by atoms with Gasteiger partial charge in [0.15, 0.2) is 0 Å². The summed E-state index contributed by atoms with van der Waals surface area (Å²) in [6.45, 7) is 3.61. The van der Waals surface area contributed by atoms with E-state index in [9.17, 15) is 15.3 Å². The summed E-state index contributed by atoms with van der Waals surface area (Å²) >= 11 is 0. The van der Waals surface area contributed by atoms with Gasteiger partial charge in [-0.2, -0.15) is 0 Å². The first-order valence-electron chi connectivity index (χ1n) is 11.9. The Morgan fingerprint density at radius 2 is 1.90 bits per heavy atom. The van der Waals surface area contributed by atoms with Gasteiger partial charge in [-0.3, -0.25) is 4.90 Å². The first kappa shape index (κ1) is 20.1. The Balaban J connectivity index is 1.56. The van der Waals surface area contributed by atoms with E-state index in [4.69, 9.17) is 18.9 Å². The van der Waals surface area contributed by atoms with Crippen LogP contribution in [0.3, 0.4) is 0 Å². The third-order valence-corrected chi connectivity index (χ3v) is 11.3. The smallest absolute Gasteiger partial charge is 0.136 e. The van der Waals surface area contributed by atoms with Gasteiger partial charge in [0.1, 0.15) is 16.8 Å². The first-order chi connectivity index (χ1) is 14.8. The van der Waals surface area contributed by atoms with E-state index in [1.165, 1.54) is 0 Å². The fraction of sp³-hybridized carbons (Fsp3) is 1.00. The average molecular weight is 438 g/mol. The third-order valence-electron chi connectivity index (χ3n) is 11.3. The summed E-state index contributed by atoms with van der Waals surface area (Å²) in [5.41, 5.74) is -3.39. The number of aliphatic hydroxyl groups excluding tert-OH is 2. The average Bonchev–Trinajstić information content (AvgIpc) is 3.31. The number of aliphatic hydroxyl groups is 3. The molecule has 0 aromatic carbocycles. The molecule has 3 N–H and O–H groups in total. The van der Waals surface area contributed by atoms with Gasteiger partial charge in [-0.1, -0.05) is 6.92 Å². The predicted octanol–water partition coefficient (Wildman–Crippen LogP) is -0.614. The molecule has 5 saturated carbocycles. The molecule has 2 saturated heterocycles. The van der Waals surface area contributed by atoms with Crippen LogP contribution in [0.2, 0.25) is 0 Å². The van der Waals surface area contributed by atoms with Crippen LogP contribution in [-0.4, -0.2) is 108 Å². The molecule has 7 aliphatic rings. The lowest BCUT2D eigenvalue weighted by Gasteiger charge is -2.67. The SMILES string of the molecule is CCN1C[C@]23O[C@H]2C[C@H](O)[C@]24[C@@H]5C[C@@H]6[C@H](O)[C@@H]5[C@](OC)(C[C@@H]6OC)[C@@](O)([C@H]12)[C@@H](OC)[C@H]34. The van der Waals surface area contributed by atoms with Gasteiger partial charge in [-0.05, 0) is 18.9 Å². The minimum absolute atomic E-state index is 0.000840. The molecule has 174 valence electrons. The molecule has 0 unspecified atom stereocenters. The number of likely N-dealkylation sites (N-methyl/N-ethyl adjacent to an activating group) is 1. The first-order valence-corrected chi connectivity index (χ1v) is 11.9. The van der Waals surface area contributed by atoms with Crippen molar-refractivity contribution in [3.8, 4) is 0 Å². The number of hydrogen-bond acceptors (Lipinski definition) is 8. The fourth-order valence-electron chi connectivity index (χ4n) is 10.7. The van der Waals surface area contributed by atoms with Crippen molar-refractivity contribution in [2.75, 3.05) is 34.4 Å². The van der Waals surface area contributed by atoms with E-state index in [2.05, 4.69) is 11.8 Å². The monoisotopic (exact) mass is 437 g/mol. The lowest BCUT2D eigenvalue weighted by atomic mass is 9.45. The molecular weight excluding hydrogens is 402 g/mol. The van der Waals surface area contributed by atoms with Crippen LogP contribution in [0.15, 0.2) is 0 Å². The van der Waals surface area contributed by atoms with Crippen molar-refractivity contribution >= 4 is 0 Å². The number of methoxy groups -OCH3 is 3. The quantitative estimate of drug-likeness (QED) is 0.501. The van der Waals surface area contributed by atoms with E-state index < -0.39 is 40.5 Å². The summed E-state index contributed by atoms with van der Waals surface area (Å²) in [5, 5.41) is 36.3. The van der Waals surface area contributed by atoms with Crippen LogP contribution >= 0.6 is 0 Å². The van der Waals surface area contributed by atoms with Crippen molar-refractivity contribution in [1.29, 1.82) is 0 Å². The Kier molecular flexibility index (Phi) is 3.67. The molecule has 5 aliphatic carbocycles.